The van der Waals surface area contributed by atoms with Crippen molar-refractivity contribution in [3.05, 3.63) is 84.9 Å². The molecule has 6 heteroatoms. The van der Waals surface area contributed by atoms with Crippen LogP contribution in [0, 0.1) is 0 Å². The van der Waals surface area contributed by atoms with Gasteiger partial charge in [0.15, 0.2) is 11.9 Å². The summed E-state index contributed by atoms with van der Waals surface area (Å²) in [7, 11) is 0. The van der Waals surface area contributed by atoms with Crippen LogP contribution >= 0.6 is 0 Å². The highest BCUT2D eigenvalue weighted by molar-refractivity contribution is 5.82. The Hall–Kier alpha value is -3.80. The molecule has 0 aliphatic heterocycles. The largest absolute Gasteiger partial charge is 0.483 e. The van der Waals surface area contributed by atoms with Gasteiger partial charge >= 0.3 is 0 Å². The number of ether oxygens (including phenoxy) is 1. The molecule has 3 aromatic carbocycles. The number of ketones is 1. The molecule has 6 nitrogen and oxygen atoms in total. The highest BCUT2D eigenvalue weighted by atomic mass is 16.5. The average molecular weight is 384 g/mol. The minimum atomic E-state index is -0.622. The van der Waals surface area contributed by atoms with Gasteiger partial charge in [-0.25, -0.2) is 0 Å². The smallest absolute Gasteiger partial charge is 0.204 e. The van der Waals surface area contributed by atoms with Gasteiger partial charge in [-0.1, -0.05) is 72.8 Å². The fourth-order valence-corrected chi connectivity index (χ4v) is 2.91. The molecule has 0 amide bonds. The summed E-state index contributed by atoms with van der Waals surface area (Å²) in [5, 5.41) is 12.2. The lowest BCUT2D eigenvalue weighted by molar-refractivity contribution is -0.126. The Balaban J connectivity index is 1.37. The van der Waals surface area contributed by atoms with Gasteiger partial charge in [0.25, 0.3) is 0 Å². The maximum Gasteiger partial charge on any atom is 0.204 e. The number of benzene rings is 3. The molecule has 0 saturated carbocycles. The summed E-state index contributed by atoms with van der Waals surface area (Å²) in [5.74, 6) is 1.000. The number of hydrogen-bond donors (Lipinski definition) is 0. The van der Waals surface area contributed by atoms with Crippen LogP contribution in [0.5, 0.6) is 5.75 Å². The number of nitrogens with zero attached hydrogens (tertiary/aromatic N) is 4. The summed E-state index contributed by atoms with van der Waals surface area (Å²) in [6.07, 6.45) is -0.622. The van der Waals surface area contributed by atoms with E-state index in [1.807, 2.05) is 72.8 Å². The van der Waals surface area contributed by atoms with Crippen LogP contribution in [0.25, 0.3) is 22.5 Å². The van der Waals surface area contributed by atoms with Crippen LogP contribution in [0.1, 0.15) is 6.92 Å². The zero-order valence-electron chi connectivity index (χ0n) is 16.0. The highest BCUT2D eigenvalue weighted by Crippen LogP contribution is 2.22. The second-order valence-corrected chi connectivity index (χ2v) is 6.63. The number of tetrazole rings is 1. The van der Waals surface area contributed by atoms with Crippen molar-refractivity contribution in [2.75, 3.05) is 0 Å². The van der Waals surface area contributed by atoms with Crippen molar-refractivity contribution < 1.29 is 9.53 Å². The Morgan fingerprint density at radius 2 is 1.45 bits per heavy atom. The van der Waals surface area contributed by atoms with Crippen molar-refractivity contribution >= 4 is 5.78 Å². The van der Waals surface area contributed by atoms with Crippen LogP contribution in [0.3, 0.4) is 0 Å². The van der Waals surface area contributed by atoms with Crippen LogP contribution < -0.4 is 4.74 Å². The van der Waals surface area contributed by atoms with Gasteiger partial charge in [-0.15, -0.1) is 10.2 Å². The Labute approximate surface area is 168 Å². The second-order valence-electron chi connectivity index (χ2n) is 6.63. The standard InChI is InChI=1S/C23H20N4O2/c1-17(29-21-14-12-19(13-15-21)18-8-4-2-5-9-18)22(28)16-27-25-23(24-26-27)20-10-6-3-7-11-20/h2-15,17H,16H2,1H3. The van der Waals surface area contributed by atoms with Crippen molar-refractivity contribution in [2.24, 2.45) is 0 Å². The third-order valence-electron chi connectivity index (χ3n) is 4.51. The van der Waals surface area contributed by atoms with Gasteiger partial charge in [-0.2, -0.15) is 4.80 Å². The molecule has 0 bridgehead atoms. The highest BCUT2D eigenvalue weighted by Gasteiger charge is 2.17. The van der Waals surface area contributed by atoms with E-state index >= 15 is 0 Å². The lowest BCUT2D eigenvalue weighted by Gasteiger charge is -2.13. The van der Waals surface area contributed by atoms with E-state index in [0.717, 1.165) is 16.7 Å². The fourth-order valence-electron chi connectivity index (χ4n) is 2.91. The van der Waals surface area contributed by atoms with Crippen molar-refractivity contribution in [1.29, 1.82) is 0 Å². The van der Waals surface area contributed by atoms with E-state index in [2.05, 4.69) is 27.5 Å². The van der Waals surface area contributed by atoms with Gasteiger partial charge in [-0.3, -0.25) is 4.79 Å². The Morgan fingerprint density at radius 1 is 0.862 bits per heavy atom. The first kappa shape index (κ1) is 18.6. The summed E-state index contributed by atoms with van der Waals surface area (Å²) >= 11 is 0. The van der Waals surface area contributed by atoms with E-state index in [1.54, 1.807) is 6.92 Å². The molecule has 0 fully saturated rings. The second kappa shape index (κ2) is 8.48. The first-order chi connectivity index (χ1) is 14.2. The predicted molar refractivity (Wildman–Crippen MR) is 110 cm³/mol. The van der Waals surface area contributed by atoms with Gasteiger partial charge in [0.1, 0.15) is 12.3 Å². The third-order valence-corrected chi connectivity index (χ3v) is 4.51. The monoisotopic (exact) mass is 384 g/mol. The van der Waals surface area contributed by atoms with E-state index in [4.69, 9.17) is 4.74 Å². The molecule has 144 valence electrons. The van der Waals surface area contributed by atoms with Crippen LogP contribution in [0.4, 0.5) is 0 Å². The number of carbonyl (C=O) groups excluding carboxylic acids is 1. The van der Waals surface area contributed by atoms with Gasteiger partial charge < -0.3 is 4.74 Å². The van der Waals surface area contributed by atoms with E-state index in [1.165, 1.54) is 4.80 Å². The summed E-state index contributed by atoms with van der Waals surface area (Å²) in [5.41, 5.74) is 3.08. The maximum atomic E-state index is 12.5. The number of Topliss-reactive ketones (excluding diaryl/α,β-unsaturated/α-hetero) is 1. The minimum absolute atomic E-state index is 0.00307. The molecule has 0 aliphatic carbocycles. The lowest BCUT2D eigenvalue weighted by Crippen LogP contribution is -2.28. The van der Waals surface area contributed by atoms with Crippen LogP contribution in [-0.4, -0.2) is 32.1 Å². The molecule has 29 heavy (non-hydrogen) atoms. The molecule has 0 saturated heterocycles. The zero-order valence-corrected chi connectivity index (χ0v) is 16.0. The molecular formula is C23H20N4O2. The molecule has 4 aromatic rings. The van der Waals surface area contributed by atoms with Gasteiger partial charge in [0.05, 0.1) is 0 Å². The summed E-state index contributed by atoms with van der Waals surface area (Å²) in [6.45, 7) is 1.73. The fraction of sp³-hybridized carbons (Fsp3) is 0.130. The molecule has 1 aromatic heterocycles. The predicted octanol–water partition coefficient (Wildman–Crippen LogP) is 4.04. The zero-order chi connectivity index (χ0) is 20.1. The number of rotatable bonds is 7. The van der Waals surface area contributed by atoms with E-state index in [0.29, 0.717) is 11.6 Å². The Kier molecular flexibility index (Phi) is 5.42. The first-order valence-corrected chi connectivity index (χ1v) is 9.37. The van der Waals surface area contributed by atoms with Gasteiger partial charge in [0.2, 0.25) is 5.82 Å². The number of aromatic nitrogens is 4. The number of carbonyl (C=O) groups is 1. The van der Waals surface area contributed by atoms with Crippen LogP contribution in [-0.2, 0) is 11.3 Å². The molecule has 4 rings (SSSR count). The molecule has 1 heterocycles. The average Bonchev–Trinajstić information content (AvgIpc) is 3.24. The Morgan fingerprint density at radius 3 is 2.10 bits per heavy atom. The van der Waals surface area contributed by atoms with Crippen molar-refractivity contribution in [2.45, 2.75) is 19.6 Å². The van der Waals surface area contributed by atoms with Crippen molar-refractivity contribution in [3.63, 3.8) is 0 Å². The van der Waals surface area contributed by atoms with Gasteiger partial charge in [-0.05, 0) is 35.4 Å². The molecule has 0 aliphatic rings. The summed E-state index contributed by atoms with van der Waals surface area (Å²) in [6, 6.07) is 27.3. The molecular weight excluding hydrogens is 364 g/mol. The van der Waals surface area contributed by atoms with Gasteiger partial charge in [0, 0.05) is 5.56 Å². The molecule has 0 radical (unpaired) electrons. The van der Waals surface area contributed by atoms with E-state index in [-0.39, 0.29) is 12.3 Å². The number of hydrogen-bond acceptors (Lipinski definition) is 5. The molecule has 1 atom stereocenters. The van der Waals surface area contributed by atoms with E-state index in [9.17, 15) is 4.79 Å². The summed E-state index contributed by atoms with van der Waals surface area (Å²) in [4.78, 5) is 13.8. The summed E-state index contributed by atoms with van der Waals surface area (Å²) < 4.78 is 5.79. The molecule has 1 unspecified atom stereocenters. The third kappa shape index (κ3) is 4.55. The van der Waals surface area contributed by atoms with E-state index < -0.39 is 6.10 Å². The lowest BCUT2D eigenvalue weighted by atomic mass is 10.1. The minimum Gasteiger partial charge on any atom is -0.483 e. The van der Waals surface area contributed by atoms with Crippen molar-refractivity contribution in [1.82, 2.24) is 20.2 Å². The SMILES string of the molecule is CC(Oc1ccc(-c2ccccc2)cc1)C(=O)Cn1nnc(-c2ccccc2)n1. The normalized spacial score (nSPS) is 11.8. The molecule has 0 spiro atoms. The maximum absolute atomic E-state index is 12.5. The first-order valence-electron chi connectivity index (χ1n) is 9.37. The van der Waals surface area contributed by atoms with Crippen LogP contribution in [0.15, 0.2) is 84.9 Å². The van der Waals surface area contributed by atoms with Crippen LogP contribution in [0.2, 0.25) is 0 Å². The topological polar surface area (TPSA) is 69.9 Å². The van der Waals surface area contributed by atoms with Crippen molar-refractivity contribution in [3.8, 4) is 28.3 Å². The molecule has 0 N–H and O–H groups in total. The Bertz CT molecular complexity index is 1080. The quantitative estimate of drug-likeness (QED) is 0.481.